The predicted molar refractivity (Wildman–Crippen MR) is 120 cm³/mol. The summed E-state index contributed by atoms with van der Waals surface area (Å²) < 4.78 is 7.84. The van der Waals surface area contributed by atoms with Crippen molar-refractivity contribution in [3.8, 4) is 17.1 Å². The van der Waals surface area contributed by atoms with E-state index in [0.717, 1.165) is 35.1 Å². The molecular weight excluding hydrogens is 374 g/mol. The van der Waals surface area contributed by atoms with E-state index in [1.165, 1.54) is 0 Å². The number of rotatable bonds is 8. The molecule has 3 aromatic carbocycles. The quantitative estimate of drug-likeness (QED) is 0.428. The number of nitrogens with zero attached hydrogens (tertiary/aromatic N) is 2. The molecule has 0 radical (unpaired) electrons. The van der Waals surface area contributed by atoms with Gasteiger partial charge >= 0.3 is 0 Å². The van der Waals surface area contributed by atoms with Crippen molar-refractivity contribution < 1.29 is 9.53 Å². The molecule has 30 heavy (non-hydrogen) atoms. The van der Waals surface area contributed by atoms with E-state index in [-0.39, 0.29) is 5.91 Å². The molecule has 0 unspecified atom stereocenters. The Hall–Kier alpha value is -3.60. The van der Waals surface area contributed by atoms with E-state index in [1.54, 1.807) is 0 Å². The van der Waals surface area contributed by atoms with Crippen LogP contribution < -0.4 is 10.1 Å². The lowest BCUT2D eigenvalue weighted by Gasteiger charge is -2.14. The van der Waals surface area contributed by atoms with Gasteiger partial charge in [0.2, 0.25) is 0 Å². The molecule has 0 saturated carbocycles. The second-order valence-corrected chi connectivity index (χ2v) is 7.01. The SMILES string of the molecule is CCOc1ccc2ccccc2c1C(=O)NCCCn1ccnc1-c1ccccc1. The molecule has 0 atom stereocenters. The highest BCUT2D eigenvalue weighted by Gasteiger charge is 2.16. The van der Waals surface area contributed by atoms with Gasteiger partial charge in [-0.05, 0) is 30.2 Å². The maximum Gasteiger partial charge on any atom is 0.255 e. The predicted octanol–water partition coefficient (Wildman–Crippen LogP) is 4.92. The summed E-state index contributed by atoms with van der Waals surface area (Å²) in [4.78, 5) is 17.5. The molecule has 0 aliphatic carbocycles. The number of imidazole rings is 1. The summed E-state index contributed by atoms with van der Waals surface area (Å²) in [5, 5.41) is 4.99. The van der Waals surface area contributed by atoms with Crippen LogP contribution in [0.1, 0.15) is 23.7 Å². The van der Waals surface area contributed by atoms with Crippen LogP contribution in [0, 0.1) is 0 Å². The van der Waals surface area contributed by atoms with Gasteiger partial charge in [0.05, 0.1) is 12.2 Å². The Bertz CT molecular complexity index is 1140. The van der Waals surface area contributed by atoms with E-state index in [1.807, 2.05) is 73.9 Å². The van der Waals surface area contributed by atoms with Crippen molar-refractivity contribution in [3.63, 3.8) is 0 Å². The average Bonchev–Trinajstić information content (AvgIpc) is 3.26. The summed E-state index contributed by atoms with van der Waals surface area (Å²) >= 11 is 0. The summed E-state index contributed by atoms with van der Waals surface area (Å²) in [6, 6.07) is 21.9. The molecule has 4 aromatic rings. The van der Waals surface area contributed by atoms with E-state index in [4.69, 9.17) is 4.74 Å². The molecule has 0 saturated heterocycles. The Labute approximate surface area is 176 Å². The number of carbonyl (C=O) groups is 1. The van der Waals surface area contributed by atoms with Crippen molar-refractivity contribution in [1.29, 1.82) is 0 Å². The summed E-state index contributed by atoms with van der Waals surface area (Å²) in [5.74, 6) is 1.45. The Morgan fingerprint density at radius 3 is 2.67 bits per heavy atom. The van der Waals surface area contributed by atoms with Gasteiger partial charge < -0.3 is 14.6 Å². The van der Waals surface area contributed by atoms with Crippen LogP contribution in [0.2, 0.25) is 0 Å². The van der Waals surface area contributed by atoms with Gasteiger partial charge in [-0.15, -0.1) is 0 Å². The second kappa shape index (κ2) is 9.27. The molecule has 1 N–H and O–H groups in total. The average molecular weight is 399 g/mol. The Balaban J connectivity index is 1.43. The molecule has 0 fully saturated rings. The standard InChI is InChI=1S/C25H25N3O2/c1-2-30-22-14-13-19-9-6-7-12-21(19)23(22)25(29)27-15-8-17-28-18-16-26-24(28)20-10-4-3-5-11-20/h3-7,9-14,16,18H,2,8,15,17H2,1H3,(H,27,29). The molecule has 0 spiro atoms. The molecule has 4 rings (SSSR count). The lowest BCUT2D eigenvalue weighted by Crippen LogP contribution is -2.26. The third-order valence-corrected chi connectivity index (χ3v) is 5.03. The van der Waals surface area contributed by atoms with Crippen molar-refractivity contribution in [1.82, 2.24) is 14.9 Å². The van der Waals surface area contributed by atoms with E-state index in [0.29, 0.717) is 24.5 Å². The van der Waals surface area contributed by atoms with E-state index < -0.39 is 0 Å². The molecule has 5 nitrogen and oxygen atoms in total. The number of nitrogens with one attached hydrogen (secondary N) is 1. The van der Waals surface area contributed by atoms with E-state index in [9.17, 15) is 4.79 Å². The molecule has 1 aromatic heterocycles. The van der Waals surface area contributed by atoms with E-state index >= 15 is 0 Å². The van der Waals surface area contributed by atoms with Crippen LogP contribution in [0.3, 0.4) is 0 Å². The van der Waals surface area contributed by atoms with Crippen molar-refractivity contribution >= 4 is 16.7 Å². The molecule has 1 amide bonds. The second-order valence-electron chi connectivity index (χ2n) is 7.01. The van der Waals surface area contributed by atoms with Crippen molar-refractivity contribution in [2.75, 3.05) is 13.2 Å². The fourth-order valence-corrected chi connectivity index (χ4v) is 3.64. The zero-order valence-electron chi connectivity index (χ0n) is 17.0. The highest BCUT2D eigenvalue weighted by Crippen LogP contribution is 2.28. The van der Waals surface area contributed by atoms with Crippen LogP contribution in [0.5, 0.6) is 5.75 Å². The lowest BCUT2D eigenvalue weighted by molar-refractivity contribution is 0.0951. The third kappa shape index (κ3) is 4.20. The summed E-state index contributed by atoms with van der Waals surface area (Å²) in [7, 11) is 0. The van der Waals surface area contributed by atoms with Gasteiger partial charge in [0.1, 0.15) is 11.6 Å². The monoisotopic (exact) mass is 399 g/mol. The van der Waals surface area contributed by atoms with Gasteiger partial charge in [0, 0.05) is 31.0 Å². The number of carbonyl (C=O) groups excluding carboxylic acids is 1. The van der Waals surface area contributed by atoms with Crippen LogP contribution in [-0.2, 0) is 6.54 Å². The summed E-state index contributed by atoms with van der Waals surface area (Å²) in [6.07, 6.45) is 4.59. The molecule has 0 aliphatic rings. The van der Waals surface area contributed by atoms with Gasteiger partial charge in [0.15, 0.2) is 0 Å². The number of hydrogen-bond donors (Lipinski definition) is 1. The third-order valence-electron chi connectivity index (χ3n) is 5.03. The molecule has 0 aliphatic heterocycles. The zero-order chi connectivity index (χ0) is 20.8. The van der Waals surface area contributed by atoms with Gasteiger partial charge in [-0.2, -0.15) is 0 Å². The normalized spacial score (nSPS) is 10.8. The first kappa shape index (κ1) is 19.7. The number of aryl methyl sites for hydroxylation is 1. The zero-order valence-corrected chi connectivity index (χ0v) is 17.0. The van der Waals surface area contributed by atoms with Crippen LogP contribution in [-0.4, -0.2) is 28.6 Å². The number of fused-ring (bicyclic) bond motifs is 1. The van der Waals surface area contributed by atoms with Crippen LogP contribution >= 0.6 is 0 Å². The smallest absolute Gasteiger partial charge is 0.255 e. The minimum atomic E-state index is -0.107. The molecule has 1 heterocycles. The topological polar surface area (TPSA) is 56.1 Å². The van der Waals surface area contributed by atoms with Gasteiger partial charge in [-0.1, -0.05) is 60.7 Å². The fourth-order valence-electron chi connectivity index (χ4n) is 3.64. The minimum absolute atomic E-state index is 0.107. The highest BCUT2D eigenvalue weighted by atomic mass is 16.5. The highest BCUT2D eigenvalue weighted by molar-refractivity contribution is 6.09. The first-order chi connectivity index (χ1) is 14.8. The van der Waals surface area contributed by atoms with Crippen LogP contribution in [0.25, 0.3) is 22.2 Å². The first-order valence-corrected chi connectivity index (χ1v) is 10.3. The molecule has 5 heteroatoms. The summed E-state index contributed by atoms with van der Waals surface area (Å²) in [5.41, 5.74) is 1.69. The Kier molecular flexibility index (Phi) is 6.09. The maximum atomic E-state index is 13.0. The van der Waals surface area contributed by atoms with Crippen LogP contribution in [0.15, 0.2) is 79.1 Å². The van der Waals surface area contributed by atoms with Crippen molar-refractivity contribution in [2.45, 2.75) is 19.9 Å². The van der Waals surface area contributed by atoms with Crippen LogP contribution in [0.4, 0.5) is 0 Å². The number of aromatic nitrogens is 2. The number of benzene rings is 3. The first-order valence-electron chi connectivity index (χ1n) is 10.3. The van der Waals surface area contributed by atoms with Crippen molar-refractivity contribution in [2.24, 2.45) is 0 Å². The van der Waals surface area contributed by atoms with Gasteiger partial charge in [-0.25, -0.2) is 4.98 Å². The maximum absolute atomic E-state index is 13.0. The fraction of sp³-hybridized carbons (Fsp3) is 0.200. The minimum Gasteiger partial charge on any atom is -0.493 e. The largest absolute Gasteiger partial charge is 0.493 e. The Morgan fingerprint density at radius 2 is 1.83 bits per heavy atom. The summed E-state index contributed by atoms with van der Waals surface area (Å²) in [6.45, 7) is 3.78. The molecule has 0 bridgehead atoms. The van der Waals surface area contributed by atoms with Crippen molar-refractivity contribution in [3.05, 3.63) is 84.7 Å². The van der Waals surface area contributed by atoms with Gasteiger partial charge in [-0.3, -0.25) is 4.79 Å². The number of hydrogen-bond acceptors (Lipinski definition) is 3. The number of ether oxygens (including phenoxy) is 1. The Morgan fingerprint density at radius 1 is 1.03 bits per heavy atom. The molecule has 152 valence electrons. The lowest BCUT2D eigenvalue weighted by atomic mass is 10.0. The van der Waals surface area contributed by atoms with E-state index in [2.05, 4.69) is 27.0 Å². The van der Waals surface area contributed by atoms with Gasteiger partial charge in [0.25, 0.3) is 5.91 Å². The molecular formula is C25H25N3O2. The number of amides is 1.